The molecule has 18 heavy (non-hydrogen) atoms. The van der Waals surface area contributed by atoms with Gasteiger partial charge in [0.2, 0.25) is 0 Å². The fourth-order valence-electron chi connectivity index (χ4n) is 4.30. The molecule has 3 aliphatic rings. The first-order valence-electron chi connectivity index (χ1n) is 6.89. The molecule has 1 atom stereocenters. The molecule has 4 rings (SSSR count). The molecule has 0 aromatic carbocycles. The lowest BCUT2D eigenvalue weighted by atomic mass is 9.85. The lowest BCUT2D eigenvalue weighted by Crippen LogP contribution is -2.44. The zero-order valence-electron chi connectivity index (χ0n) is 10.5. The first kappa shape index (κ1) is 11.1. The van der Waals surface area contributed by atoms with E-state index in [1.54, 1.807) is 0 Å². The summed E-state index contributed by atoms with van der Waals surface area (Å²) >= 11 is 5.86. The average molecular weight is 264 g/mol. The summed E-state index contributed by atoms with van der Waals surface area (Å²) < 4.78 is 0. The molecular formula is C14H18ClN3. The predicted octanol–water partition coefficient (Wildman–Crippen LogP) is 2.41. The van der Waals surface area contributed by atoms with Crippen molar-refractivity contribution in [3.8, 4) is 0 Å². The van der Waals surface area contributed by atoms with E-state index in [0.717, 1.165) is 12.5 Å². The van der Waals surface area contributed by atoms with Crippen LogP contribution in [0.1, 0.15) is 19.3 Å². The third-order valence-electron chi connectivity index (χ3n) is 5.24. The van der Waals surface area contributed by atoms with E-state index in [9.17, 15) is 0 Å². The molecule has 0 amide bonds. The van der Waals surface area contributed by atoms with Crippen molar-refractivity contribution >= 4 is 17.3 Å². The molecule has 1 spiro atoms. The lowest BCUT2D eigenvalue weighted by Gasteiger charge is -2.32. The van der Waals surface area contributed by atoms with E-state index in [2.05, 4.69) is 20.9 Å². The van der Waals surface area contributed by atoms with Gasteiger partial charge in [0.05, 0.1) is 11.9 Å². The summed E-state index contributed by atoms with van der Waals surface area (Å²) in [6.45, 7) is 4.98. The Morgan fingerprint density at radius 3 is 2.67 bits per heavy atom. The van der Waals surface area contributed by atoms with Crippen molar-refractivity contribution in [3.05, 3.63) is 23.5 Å². The second kappa shape index (κ2) is 3.84. The maximum absolute atomic E-state index is 5.86. The molecule has 96 valence electrons. The van der Waals surface area contributed by atoms with Crippen LogP contribution in [-0.2, 0) is 0 Å². The Balaban J connectivity index is 1.59. The molecule has 2 bridgehead atoms. The van der Waals surface area contributed by atoms with Crippen LogP contribution in [0, 0.1) is 5.92 Å². The highest BCUT2D eigenvalue weighted by molar-refractivity contribution is 6.29. The summed E-state index contributed by atoms with van der Waals surface area (Å²) in [5, 5.41) is 0.581. The summed E-state index contributed by atoms with van der Waals surface area (Å²) in [6, 6.07) is 3.99. The minimum absolute atomic E-state index is 0.486. The number of piperidine rings is 1. The number of halogens is 1. The van der Waals surface area contributed by atoms with Crippen molar-refractivity contribution in [3.63, 3.8) is 0 Å². The number of hydrogen-bond acceptors (Lipinski definition) is 3. The van der Waals surface area contributed by atoms with Gasteiger partial charge in [0.25, 0.3) is 0 Å². The largest absolute Gasteiger partial charge is 0.368 e. The van der Waals surface area contributed by atoms with Crippen LogP contribution in [0.25, 0.3) is 0 Å². The third-order valence-corrected chi connectivity index (χ3v) is 5.46. The topological polar surface area (TPSA) is 19.4 Å². The van der Waals surface area contributed by atoms with Crippen LogP contribution >= 0.6 is 11.6 Å². The number of rotatable bonds is 1. The quantitative estimate of drug-likeness (QED) is 0.726. The second-order valence-electron chi connectivity index (χ2n) is 5.88. The summed E-state index contributed by atoms with van der Waals surface area (Å²) in [7, 11) is 0. The van der Waals surface area contributed by atoms with Crippen molar-refractivity contribution in [1.82, 2.24) is 9.88 Å². The summed E-state index contributed by atoms with van der Waals surface area (Å²) in [5.41, 5.74) is 1.71. The van der Waals surface area contributed by atoms with Gasteiger partial charge in [-0.1, -0.05) is 11.6 Å². The van der Waals surface area contributed by atoms with Crippen LogP contribution in [-0.4, -0.2) is 41.6 Å². The van der Waals surface area contributed by atoms with Gasteiger partial charge in [-0.15, -0.1) is 0 Å². The van der Waals surface area contributed by atoms with Crippen LogP contribution < -0.4 is 4.90 Å². The highest BCUT2D eigenvalue weighted by atomic mass is 35.5. The SMILES string of the molecule is Clc1ccc(N2CCC3(C2)C2CCN3CC2)cn1. The molecule has 0 aliphatic carbocycles. The van der Waals surface area contributed by atoms with Gasteiger partial charge in [-0.25, -0.2) is 4.98 Å². The molecule has 3 aliphatic heterocycles. The molecule has 0 radical (unpaired) electrons. The van der Waals surface area contributed by atoms with Crippen molar-refractivity contribution in [1.29, 1.82) is 0 Å². The molecular weight excluding hydrogens is 246 g/mol. The van der Waals surface area contributed by atoms with E-state index in [0.29, 0.717) is 10.7 Å². The average Bonchev–Trinajstić information content (AvgIpc) is 3.08. The Bertz CT molecular complexity index is 439. The monoisotopic (exact) mass is 263 g/mol. The Hall–Kier alpha value is -0.800. The van der Waals surface area contributed by atoms with Gasteiger partial charge < -0.3 is 4.90 Å². The lowest BCUT2D eigenvalue weighted by molar-refractivity contribution is 0.194. The maximum atomic E-state index is 5.86. The maximum Gasteiger partial charge on any atom is 0.129 e. The number of hydrogen-bond donors (Lipinski definition) is 0. The van der Waals surface area contributed by atoms with Crippen LogP contribution in [0.15, 0.2) is 18.3 Å². The van der Waals surface area contributed by atoms with Gasteiger partial charge in [0, 0.05) is 18.6 Å². The zero-order valence-corrected chi connectivity index (χ0v) is 11.2. The highest BCUT2D eigenvalue weighted by Gasteiger charge is 2.55. The normalized spacial score (nSPS) is 37.9. The Morgan fingerprint density at radius 1 is 1.22 bits per heavy atom. The van der Waals surface area contributed by atoms with Crippen LogP contribution in [0.4, 0.5) is 5.69 Å². The Labute approximate surface area is 113 Å². The van der Waals surface area contributed by atoms with E-state index >= 15 is 0 Å². The van der Waals surface area contributed by atoms with Crippen molar-refractivity contribution in [2.45, 2.75) is 24.8 Å². The molecule has 0 saturated carbocycles. The van der Waals surface area contributed by atoms with E-state index in [4.69, 9.17) is 11.6 Å². The fourth-order valence-corrected chi connectivity index (χ4v) is 4.42. The summed E-state index contributed by atoms with van der Waals surface area (Å²) in [4.78, 5) is 9.43. The van der Waals surface area contributed by atoms with E-state index in [1.165, 1.54) is 44.6 Å². The van der Waals surface area contributed by atoms with Crippen LogP contribution in [0.2, 0.25) is 5.15 Å². The molecule has 3 saturated heterocycles. The molecule has 0 N–H and O–H groups in total. The van der Waals surface area contributed by atoms with Crippen LogP contribution in [0.3, 0.4) is 0 Å². The Morgan fingerprint density at radius 2 is 2.06 bits per heavy atom. The van der Waals surface area contributed by atoms with Crippen molar-refractivity contribution in [2.75, 3.05) is 31.1 Å². The van der Waals surface area contributed by atoms with Gasteiger partial charge in [0.1, 0.15) is 5.15 Å². The second-order valence-corrected chi connectivity index (χ2v) is 6.26. The zero-order chi connectivity index (χ0) is 12.2. The van der Waals surface area contributed by atoms with Gasteiger partial charge in [0.15, 0.2) is 0 Å². The van der Waals surface area contributed by atoms with Gasteiger partial charge in [-0.3, -0.25) is 4.90 Å². The van der Waals surface area contributed by atoms with Crippen molar-refractivity contribution < 1.29 is 0 Å². The molecule has 3 nitrogen and oxygen atoms in total. The number of anilines is 1. The minimum Gasteiger partial charge on any atom is -0.368 e. The molecule has 4 heterocycles. The van der Waals surface area contributed by atoms with Gasteiger partial charge in [-0.2, -0.15) is 0 Å². The predicted molar refractivity (Wildman–Crippen MR) is 73.1 cm³/mol. The smallest absolute Gasteiger partial charge is 0.129 e. The first-order chi connectivity index (χ1) is 8.78. The van der Waals surface area contributed by atoms with Crippen molar-refractivity contribution in [2.24, 2.45) is 5.92 Å². The summed E-state index contributed by atoms with van der Waals surface area (Å²) in [6.07, 6.45) is 6.05. The fraction of sp³-hybridized carbons (Fsp3) is 0.643. The molecule has 1 unspecified atom stereocenters. The molecule has 4 heteroatoms. The molecule has 1 aromatic heterocycles. The third kappa shape index (κ3) is 1.44. The van der Waals surface area contributed by atoms with Crippen LogP contribution in [0.5, 0.6) is 0 Å². The number of pyridine rings is 1. The highest BCUT2D eigenvalue weighted by Crippen LogP contribution is 2.49. The Kier molecular flexibility index (Phi) is 2.36. The van der Waals surface area contributed by atoms with E-state index in [-0.39, 0.29) is 0 Å². The first-order valence-corrected chi connectivity index (χ1v) is 7.27. The van der Waals surface area contributed by atoms with Gasteiger partial charge in [-0.05, 0) is 50.4 Å². The van der Waals surface area contributed by atoms with E-state index < -0.39 is 0 Å². The number of aromatic nitrogens is 1. The molecule has 3 fully saturated rings. The summed E-state index contributed by atoms with van der Waals surface area (Å²) in [5.74, 6) is 0.933. The standard InChI is InChI=1S/C14H18ClN3/c15-13-2-1-12(9-16-13)17-8-5-14(10-17)11-3-6-18(14)7-4-11/h1-2,9,11H,3-8,10H2. The minimum atomic E-state index is 0.486. The van der Waals surface area contributed by atoms with Gasteiger partial charge >= 0.3 is 0 Å². The van der Waals surface area contributed by atoms with E-state index in [1.807, 2.05) is 12.3 Å². The molecule has 1 aromatic rings. The number of nitrogens with zero attached hydrogens (tertiary/aromatic N) is 3.